The molecule has 0 unspecified atom stereocenters. The lowest BCUT2D eigenvalue weighted by molar-refractivity contribution is 0.744. The average Bonchev–Trinajstić information content (AvgIpc) is 2.76. The van der Waals surface area contributed by atoms with Crippen LogP contribution in [0.3, 0.4) is 0 Å². The fourth-order valence-corrected chi connectivity index (χ4v) is 2.14. The van der Waals surface area contributed by atoms with Crippen LogP contribution in [0, 0.1) is 6.92 Å². The van der Waals surface area contributed by atoms with Crippen molar-refractivity contribution >= 4 is 17.4 Å². The normalized spacial score (nSPS) is 11.1. The number of aryl methyl sites for hydroxylation is 1. The third-order valence-electron chi connectivity index (χ3n) is 2.34. The van der Waals surface area contributed by atoms with Gasteiger partial charge in [-0.3, -0.25) is 0 Å². The summed E-state index contributed by atoms with van der Waals surface area (Å²) in [7, 11) is 0. The first kappa shape index (κ1) is 12.0. The molecule has 2 aromatic rings. The molecule has 1 aromatic carbocycles. The first-order valence-corrected chi connectivity index (χ1v) is 6.56. The molecular formula is C14H16N2S. The van der Waals surface area contributed by atoms with Crippen molar-refractivity contribution in [3.05, 3.63) is 58.1 Å². The van der Waals surface area contributed by atoms with E-state index >= 15 is 0 Å². The van der Waals surface area contributed by atoms with Crippen LogP contribution in [0.2, 0.25) is 0 Å². The summed E-state index contributed by atoms with van der Waals surface area (Å²) >= 11 is 1.70. The third-order valence-corrected chi connectivity index (χ3v) is 3.17. The molecule has 0 amide bonds. The predicted octanol–water partition coefficient (Wildman–Crippen LogP) is 3.25. The largest absolute Gasteiger partial charge is 0.308 e. The number of nitrogens with zero attached hydrogens (tertiary/aromatic N) is 1. The number of nitrogens with one attached hydrogen (secondary N) is 1. The SMILES string of the molecule is Cc1nc(CNC/C=C/c2ccccc2)cs1. The molecule has 0 saturated heterocycles. The summed E-state index contributed by atoms with van der Waals surface area (Å²) in [5, 5.41) is 6.57. The van der Waals surface area contributed by atoms with Gasteiger partial charge < -0.3 is 5.32 Å². The molecule has 0 aliphatic carbocycles. The Labute approximate surface area is 106 Å². The van der Waals surface area contributed by atoms with Crippen LogP contribution in [0.1, 0.15) is 16.3 Å². The molecule has 2 nitrogen and oxygen atoms in total. The van der Waals surface area contributed by atoms with Gasteiger partial charge in [-0.05, 0) is 12.5 Å². The third kappa shape index (κ3) is 4.13. The Morgan fingerprint density at radius 2 is 2.12 bits per heavy atom. The monoisotopic (exact) mass is 244 g/mol. The van der Waals surface area contributed by atoms with E-state index in [-0.39, 0.29) is 0 Å². The zero-order valence-electron chi connectivity index (χ0n) is 9.89. The lowest BCUT2D eigenvalue weighted by Gasteiger charge is -1.97. The van der Waals surface area contributed by atoms with Crippen LogP contribution in [0.15, 0.2) is 41.8 Å². The van der Waals surface area contributed by atoms with Crippen LogP contribution in [-0.4, -0.2) is 11.5 Å². The van der Waals surface area contributed by atoms with E-state index in [0.29, 0.717) is 0 Å². The van der Waals surface area contributed by atoms with Crippen molar-refractivity contribution in [2.45, 2.75) is 13.5 Å². The molecule has 2 rings (SSSR count). The molecule has 0 bridgehead atoms. The molecule has 0 aliphatic rings. The predicted molar refractivity (Wildman–Crippen MR) is 74.0 cm³/mol. The first-order chi connectivity index (χ1) is 8.34. The summed E-state index contributed by atoms with van der Waals surface area (Å²) in [6.45, 7) is 3.73. The number of thiazole rings is 1. The lowest BCUT2D eigenvalue weighted by Crippen LogP contribution is -2.12. The average molecular weight is 244 g/mol. The number of hydrogen-bond acceptors (Lipinski definition) is 3. The number of aromatic nitrogens is 1. The highest BCUT2D eigenvalue weighted by molar-refractivity contribution is 7.09. The molecule has 0 aliphatic heterocycles. The van der Waals surface area contributed by atoms with Gasteiger partial charge in [-0.1, -0.05) is 42.5 Å². The second-order valence-corrected chi connectivity index (χ2v) is 4.86. The summed E-state index contributed by atoms with van der Waals surface area (Å²) in [5.74, 6) is 0. The maximum atomic E-state index is 4.40. The Hall–Kier alpha value is -1.45. The summed E-state index contributed by atoms with van der Waals surface area (Å²) in [6, 6.07) is 10.3. The molecule has 0 spiro atoms. The molecule has 1 heterocycles. The minimum atomic E-state index is 0.837. The number of hydrogen-bond donors (Lipinski definition) is 1. The van der Waals surface area contributed by atoms with Gasteiger partial charge in [-0.15, -0.1) is 11.3 Å². The Balaban J connectivity index is 1.71. The summed E-state index contributed by atoms with van der Waals surface area (Å²) in [4.78, 5) is 4.40. The first-order valence-electron chi connectivity index (χ1n) is 5.68. The van der Waals surface area contributed by atoms with E-state index in [1.165, 1.54) is 5.56 Å². The van der Waals surface area contributed by atoms with Crippen LogP contribution in [0.25, 0.3) is 6.08 Å². The topological polar surface area (TPSA) is 24.9 Å². The molecule has 17 heavy (non-hydrogen) atoms. The standard InChI is InChI=1S/C14H16N2S/c1-12-16-14(11-17-12)10-15-9-5-8-13-6-3-2-4-7-13/h2-8,11,15H,9-10H2,1H3/b8-5+. The minimum absolute atomic E-state index is 0.837. The number of benzene rings is 1. The van der Waals surface area contributed by atoms with E-state index in [1.54, 1.807) is 11.3 Å². The zero-order valence-corrected chi connectivity index (χ0v) is 10.7. The van der Waals surface area contributed by atoms with E-state index in [4.69, 9.17) is 0 Å². The van der Waals surface area contributed by atoms with Gasteiger partial charge in [-0.2, -0.15) is 0 Å². The van der Waals surface area contributed by atoms with Gasteiger partial charge >= 0.3 is 0 Å². The summed E-state index contributed by atoms with van der Waals surface area (Å²) in [5.41, 5.74) is 2.36. The quantitative estimate of drug-likeness (QED) is 0.817. The van der Waals surface area contributed by atoms with Gasteiger partial charge in [0.05, 0.1) is 10.7 Å². The Morgan fingerprint density at radius 1 is 1.29 bits per heavy atom. The second kappa shape index (κ2) is 6.33. The highest BCUT2D eigenvalue weighted by atomic mass is 32.1. The van der Waals surface area contributed by atoms with Crippen molar-refractivity contribution in [3.8, 4) is 0 Å². The van der Waals surface area contributed by atoms with E-state index in [0.717, 1.165) is 23.8 Å². The zero-order chi connectivity index (χ0) is 11.9. The van der Waals surface area contributed by atoms with Crippen LogP contribution in [0.4, 0.5) is 0 Å². The van der Waals surface area contributed by atoms with Crippen LogP contribution in [-0.2, 0) is 6.54 Å². The molecule has 3 heteroatoms. The number of rotatable bonds is 5. The molecular weight excluding hydrogens is 228 g/mol. The maximum Gasteiger partial charge on any atom is 0.0897 e. The van der Waals surface area contributed by atoms with Crippen molar-refractivity contribution in [2.24, 2.45) is 0 Å². The fourth-order valence-electron chi connectivity index (χ4n) is 1.53. The van der Waals surface area contributed by atoms with Gasteiger partial charge in [0.2, 0.25) is 0 Å². The Kier molecular flexibility index (Phi) is 4.47. The molecule has 0 radical (unpaired) electrons. The van der Waals surface area contributed by atoms with Crippen molar-refractivity contribution in [1.29, 1.82) is 0 Å². The van der Waals surface area contributed by atoms with Gasteiger partial charge in [0.15, 0.2) is 0 Å². The molecule has 1 aromatic heterocycles. The van der Waals surface area contributed by atoms with Crippen LogP contribution >= 0.6 is 11.3 Å². The molecule has 0 atom stereocenters. The Morgan fingerprint density at radius 3 is 2.82 bits per heavy atom. The fraction of sp³-hybridized carbons (Fsp3) is 0.214. The smallest absolute Gasteiger partial charge is 0.0897 e. The van der Waals surface area contributed by atoms with Gasteiger partial charge in [0.1, 0.15) is 0 Å². The molecule has 1 N–H and O–H groups in total. The van der Waals surface area contributed by atoms with Crippen molar-refractivity contribution in [3.63, 3.8) is 0 Å². The minimum Gasteiger partial charge on any atom is -0.308 e. The highest BCUT2D eigenvalue weighted by Crippen LogP contribution is 2.07. The Bertz CT molecular complexity index is 474. The van der Waals surface area contributed by atoms with Crippen molar-refractivity contribution in [1.82, 2.24) is 10.3 Å². The summed E-state index contributed by atoms with van der Waals surface area (Å²) in [6.07, 6.45) is 4.26. The summed E-state index contributed by atoms with van der Waals surface area (Å²) < 4.78 is 0. The molecule has 88 valence electrons. The van der Waals surface area contributed by atoms with Crippen molar-refractivity contribution in [2.75, 3.05) is 6.54 Å². The highest BCUT2D eigenvalue weighted by Gasteiger charge is 1.95. The van der Waals surface area contributed by atoms with E-state index in [2.05, 4.69) is 40.0 Å². The second-order valence-electron chi connectivity index (χ2n) is 3.80. The molecule has 0 saturated carbocycles. The lowest BCUT2D eigenvalue weighted by atomic mass is 10.2. The van der Waals surface area contributed by atoms with Crippen LogP contribution < -0.4 is 5.32 Å². The molecule has 0 fully saturated rings. The van der Waals surface area contributed by atoms with E-state index in [1.807, 2.05) is 25.1 Å². The van der Waals surface area contributed by atoms with Gasteiger partial charge in [0, 0.05) is 18.5 Å². The van der Waals surface area contributed by atoms with Gasteiger partial charge in [0.25, 0.3) is 0 Å². The maximum absolute atomic E-state index is 4.40. The van der Waals surface area contributed by atoms with Crippen LogP contribution in [0.5, 0.6) is 0 Å². The van der Waals surface area contributed by atoms with E-state index in [9.17, 15) is 0 Å². The van der Waals surface area contributed by atoms with E-state index < -0.39 is 0 Å². The van der Waals surface area contributed by atoms with Crippen molar-refractivity contribution < 1.29 is 0 Å². The van der Waals surface area contributed by atoms with Gasteiger partial charge in [-0.25, -0.2) is 4.98 Å².